The van der Waals surface area contributed by atoms with Gasteiger partial charge in [0.15, 0.2) is 6.10 Å². The van der Waals surface area contributed by atoms with Crippen molar-refractivity contribution in [1.29, 1.82) is 0 Å². The lowest BCUT2D eigenvalue weighted by atomic mass is 9.86. The quantitative estimate of drug-likeness (QED) is 0.116. The number of hydrogen-bond acceptors (Lipinski definition) is 6. The maximum Gasteiger partial charge on any atom is 0.345 e. The molecule has 2 rings (SSSR count). The predicted octanol–water partition coefficient (Wildman–Crippen LogP) is 5.89. The normalized spacial score (nSPS) is 19.7. The van der Waals surface area contributed by atoms with E-state index >= 15 is 0 Å². The van der Waals surface area contributed by atoms with Crippen LogP contribution in [0.2, 0.25) is 0 Å². The number of aliphatic carboxylic acids is 1. The molecule has 1 aliphatic heterocycles. The SMILES string of the molecule is CC(C)CC(OC(=O)C(C)(C)CCC(=O)C/C=C/CC(C)C(C)C1OC1c1ccc(CC=O)cc1)C(=O)O. The Hall–Kier alpha value is -2.80. The van der Waals surface area contributed by atoms with Gasteiger partial charge in [0.1, 0.15) is 18.2 Å². The number of ketones is 1. The summed E-state index contributed by atoms with van der Waals surface area (Å²) < 4.78 is 11.2. The first-order valence-corrected chi connectivity index (χ1v) is 13.6. The Labute approximate surface area is 227 Å². The maximum absolute atomic E-state index is 12.6. The van der Waals surface area contributed by atoms with E-state index in [9.17, 15) is 24.3 Å². The summed E-state index contributed by atoms with van der Waals surface area (Å²) in [6.45, 7) is 11.5. The molecule has 0 spiro atoms. The van der Waals surface area contributed by atoms with Crippen LogP contribution < -0.4 is 0 Å². The van der Waals surface area contributed by atoms with Crippen molar-refractivity contribution in [2.45, 2.75) is 98.4 Å². The molecule has 0 saturated carbocycles. The number of rotatable bonds is 17. The van der Waals surface area contributed by atoms with Gasteiger partial charge >= 0.3 is 11.9 Å². The van der Waals surface area contributed by atoms with Gasteiger partial charge in [-0.2, -0.15) is 0 Å². The third-order valence-electron chi connectivity index (χ3n) is 7.38. The van der Waals surface area contributed by atoms with Gasteiger partial charge < -0.3 is 19.4 Å². The fourth-order valence-corrected chi connectivity index (χ4v) is 4.37. The van der Waals surface area contributed by atoms with Crippen LogP contribution in [0, 0.1) is 23.2 Å². The summed E-state index contributed by atoms with van der Waals surface area (Å²) in [6, 6.07) is 8.01. The number of hydrogen-bond donors (Lipinski definition) is 1. The number of carbonyl (C=O) groups is 4. The van der Waals surface area contributed by atoms with E-state index < -0.39 is 23.5 Å². The first-order chi connectivity index (χ1) is 17.9. The molecule has 1 N–H and O–H groups in total. The molecule has 5 unspecified atom stereocenters. The molecule has 38 heavy (non-hydrogen) atoms. The number of benzene rings is 1. The van der Waals surface area contributed by atoms with Gasteiger partial charge in [-0.3, -0.25) is 9.59 Å². The van der Waals surface area contributed by atoms with Gasteiger partial charge in [0.05, 0.1) is 11.5 Å². The first-order valence-electron chi connectivity index (χ1n) is 13.6. The lowest BCUT2D eigenvalue weighted by molar-refractivity contribution is -0.172. The molecule has 210 valence electrons. The average molecular weight is 529 g/mol. The number of esters is 1. The standard InChI is InChI=1S/C31H44O7/c1-20(2)19-26(29(34)35)37-30(36)31(5,6)17-15-25(33)10-8-7-9-21(3)22(4)27-28(38-27)24-13-11-23(12-14-24)16-18-32/h7-8,11-14,18,20-22,26-28H,9-10,15-17,19H2,1-6H3,(H,34,35)/b8-7+. The topological polar surface area (TPSA) is 110 Å². The average Bonchev–Trinajstić information content (AvgIpc) is 3.65. The van der Waals surface area contributed by atoms with Gasteiger partial charge in [0.2, 0.25) is 0 Å². The number of carboxylic acid groups (broad SMARTS) is 1. The zero-order valence-corrected chi connectivity index (χ0v) is 23.6. The van der Waals surface area contributed by atoms with Gasteiger partial charge in [0.25, 0.3) is 0 Å². The molecule has 1 aromatic rings. The number of aldehydes is 1. The van der Waals surface area contributed by atoms with Crippen LogP contribution in [0.3, 0.4) is 0 Å². The molecule has 5 atom stereocenters. The highest BCUT2D eigenvalue weighted by Gasteiger charge is 2.45. The Balaban J connectivity index is 1.73. The molecule has 7 nitrogen and oxygen atoms in total. The molecule has 1 aliphatic rings. The Morgan fingerprint density at radius 2 is 1.74 bits per heavy atom. The van der Waals surface area contributed by atoms with Gasteiger partial charge in [0, 0.05) is 19.3 Å². The minimum absolute atomic E-state index is 0.0309. The summed E-state index contributed by atoms with van der Waals surface area (Å²) in [5, 5.41) is 9.32. The summed E-state index contributed by atoms with van der Waals surface area (Å²) in [4.78, 5) is 47.0. The molecule has 0 bridgehead atoms. The minimum atomic E-state index is -1.17. The Kier molecular flexibility index (Phi) is 11.9. The summed E-state index contributed by atoms with van der Waals surface area (Å²) in [6.07, 6.45) is 6.25. The molecule has 0 amide bonds. The second-order valence-corrected chi connectivity index (χ2v) is 11.7. The molecule has 1 aromatic carbocycles. The van der Waals surface area contributed by atoms with E-state index in [0.29, 0.717) is 31.1 Å². The maximum atomic E-state index is 12.6. The van der Waals surface area contributed by atoms with E-state index in [-0.39, 0.29) is 36.8 Å². The van der Waals surface area contributed by atoms with E-state index in [2.05, 4.69) is 13.8 Å². The third-order valence-corrected chi connectivity index (χ3v) is 7.38. The Morgan fingerprint density at radius 3 is 2.32 bits per heavy atom. The van der Waals surface area contributed by atoms with E-state index in [1.165, 1.54) is 0 Å². The van der Waals surface area contributed by atoms with Gasteiger partial charge in [-0.15, -0.1) is 0 Å². The minimum Gasteiger partial charge on any atom is -0.479 e. The van der Waals surface area contributed by atoms with Crippen LogP contribution in [0.1, 0.15) is 90.9 Å². The van der Waals surface area contributed by atoms with Crippen molar-refractivity contribution in [2.75, 3.05) is 0 Å². The molecule has 0 aliphatic carbocycles. The number of allylic oxidation sites excluding steroid dienone is 2. The summed E-state index contributed by atoms with van der Waals surface area (Å²) >= 11 is 0. The van der Waals surface area contributed by atoms with Crippen LogP contribution in [-0.2, 0) is 35.1 Å². The fourth-order valence-electron chi connectivity index (χ4n) is 4.37. The van der Waals surface area contributed by atoms with Gasteiger partial charge in [-0.1, -0.05) is 64.1 Å². The van der Waals surface area contributed by atoms with E-state index in [1.807, 2.05) is 50.3 Å². The van der Waals surface area contributed by atoms with Crippen molar-refractivity contribution < 1.29 is 33.8 Å². The molecule has 7 heteroatoms. The predicted molar refractivity (Wildman–Crippen MR) is 146 cm³/mol. The summed E-state index contributed by atoms with van der Waals surface area (Å²) in [7, 11) is 0. The van der Waals surface area contributed by atoms with Gasteiger partial charge in [-0.25, -0.2) is 4.79 Å². The first kappa shape index (κ1) is 31.4. The van der Waals surface area contributed by atoms with Crippen LogP contribution in [0.5, 0.6) is 0 Å². The van der Waals surface area contributed by atoms with Gasteiger partial charge in [-0.05, 0) is 62.0 Å². The molecule has 0 aromatic heterocycles. The largest absolute Gasteiger partial charge is 0.479 e. The van der Waals surface area contributed by atoms with Crippen LogP contribution in [-0.4, -0.2) is 41.3 Å². The monoisotopic (exact) mass is 528 g/mol. The van der Waals surface area contributed by atoms with Crippen LogP contribution in [0.25, 0.3) is 0 Å². The highest BCUT2D eigenvalue weighted by molar-refractivity contribution is 5.83. The van der Waals surface area contributed by atoms with E-state index in [1.54, 1.807) is 13.8 Å². The van der Waals surface area contributed by atoms with Crippen LogP contribution in [0.4, 0.5) is 0 Å². The number of epoxide rings is 1. The zero-order chi connectivity index (χ0) is 28.5. The van der Waals surface area contributed by atoms with E-state index in [4.69, 9.17) is 9.47 Å². The molecular formula is C31H44O7. The van der Waals surface area contributed by atoms with Crippen LogP contribution >= 0.6 is 0 Å². The van der Waals surface area contributed by atoms with E-state index in [0.717, 1.165) is 23.8 Å². The third kappa shape index (κ3) is 9.82. The number of carbonyl (C=O) groups excluding carboxylic acids is 3. The molecule has 1 saturated heterocycles. The van der Waals surface area contributed by atoms with Crippen molar-refractivity contribution >= 4 is 24.0 Å². The highest BCUT2D eigenvalue weighted by atomic mass is 16.6. The number of carboxylic acids is 1. The Morgan fingerprint density at radius 1 is 1.08 bits per heavy atom. The molecule has 0 radical (unpaired) electrons. The summed E-state index contributed by atoms with van der Waals surface area (Å²) in [5.74, 6) is -0.894. The fraction of sp³-hybridized carbons (Fsp3) is 0.613. The molecule has 1 heterocycles. The van der Waals surface area contributed by atoms with Crippen molar-refractivity contribution in [1.82, 2.24) is 0 Å². The van der Waals surface area contributed by atoms with Crippen molar-refractivity contribution in [2.24, 2.45) is 23.2 Å². The lowest BCUT2D eigenvalue weighted by Crippen LogP contribution is -2.35. The number of ether oxygens (including phenoxy) is 2. The smallest absolute Gasteiger partial charge is 0.345 e. The second kappa shape index (κ2) is 14.4. The van der Waals surface area contributed by atoms with Crippen LogP contribution in [0.15, 0.2) is 36.4 Å². The number of Topliss-reactive ketones (excluding diaryl/α,β-unsaturated/α-hetero) is 1. The second-order valence-electron chi connectivity index (χ2n) is 11.7. The van der Waals surface area contributed by atoms with Crippen molar-refractivity contribution in [3.63, 3.8) is 0 Å². The lowest BCUT2D eigenvalue weighted by Gasteiger charge is -2.25. The molecular weight excluding hydrogens is 484 g/mol. The zero-order valence-electron chi connectivity index (χ0n) is 23.6. The summed E-state index contributed by atoms with van der Waals surface area (Å²) in [5.41, 5.74) is 1.19. The Bertz CT molecular complexity index is 976. The van der Waals surface area contributed by atoms with Crippen molar-refractivity contribution in [3.8, 4) is 0 Å². The highest BCUT2D eigenvalue weighted by Crippen LogP contribution is 2.45. The van der Waals surface area contributed by atoms with Crippen molar-refractivity contribution in [3.05, 3.63) is 47.5 Å². The molecule has 1 fully saturated rings.